The number of hydrogen-bond acceptors (Lipinski definition) is 3. The third-order valence-electron chi connectivity index (χ3n) is 2.16. The zero-order valence-electron chi connectivity index (χ0n) is 9.57. The van der Waals surface area contributed by atoms with E-state index in [-0.39, 0.29) is 0 Å². The number of rotatable bonds is 10. The van der Waals surface area contributed by atoms with Crippen molar-refractivity contribution in [3.05, 3.63) is 0 Å². The van der Waals surface area contributed by atoms with Crippen molar-refractivity contribution in [2.75, 3.05) is 26.7 Å². The molecule has 0 aliphatic rings. The van der Waals surface area contributed by atoms with Gasteiger partial charge in [0.15, 0.2) is 0 Å². The number of Topliss-reactive ketones (excluding diaryl/α,β-unsaturated/α-hetero) is 1. The van der Waals surface area contributed by atoms with Crippen LogP contribution in [0.2, 0.25) is 0 Å². The van der Waals surface area contributed by atoms with E-state index in [1.54, 1.807) is 6.92 Å². The van der Waals surface area contributed by atoms with Crippen LogP contribution >= 0.6 is 0 Å². The molecule has 0 unspecified atom stereocenters. The first-order valence-corrected chi connectivity index (χ1v) is 5.62. The Morgan fingerprint density at radius 1 is 1.00 bits per heavy atom. The van der Waals surface area contributed by atoms with Crippen LogP contribution in [0.1, 0.15) is 39.0 Å². The van der Waals surface area contributed by atoms with Crippen LogP contribution in [0.3, 0.4) is 0 Å². The van der Waals surface area contributed by atoms with Crippen molar-refractivity contribution in [1.82, 2.24) is 10.6 Å². The highest BCUT2D eigenvalue weighted by Crippen LogP contribution is 1.99. The predicted octanol–water partition coefficient (Wildman–Crippen LogP) is 1.33. The summed E-state index contributed by atoms with van der Waals surface area (Å²) in [6.45, 7) is 4.92. The van der Waals surface area contributed by atoms with Gasteiger partial charge in [0.25, 0.3) is 0 Å². The van der Waals surface area contributed by atoms with Gasteiger partial charge < -0.3 is 15.4 Å². The smallest absolute Gasteiger partial charge is 0.129 e. The van der Waals surface area contributed by atoms with Crippen LogP contribution in [0.25, 0.3) is 0 Å². The monoisotopic (exact) mass is 200 g/mol. The van der Waals surface area contributed by atoms with Crippen LogP contribution in [0.15, 0.2) is 0 Å². The Hall–Kier alpha value is -0.410. The normalized spacial score (nSPS) is 10.4. The van der Waals surface area contributed by atoms with E-state index in [4.69, 9.17) is 0 Å². The maximum atomic E-state index is 10.6. The predicted molar refractivity (Wildman–Crippen MR) is 60.6 cm³/mol. The number of ketones is 1. The summed E-state index contributed by atoms with van der Waals surface area (Å²) in [6, 6.07) is 0. The van der Waals surface area contributed by atoms with Crippen molar-refractivity contribution in [1.29, 1.82) is 0 Å². The maximum Gasteiger partial charge on any atom is 0.129 e. The first-order valence-electron chi connectivity index (χ1n) is 5.62. The first kappa shape index (κ1) is 13.6. The molecular weight excluding hydrogens is 176 g/mol. The van der Waals surface area contributed by atoms with Gasteiger partial charge in [0.2, 0.25) is 0 Å². The molecule has 0 saturated heterocycles. The molecule has 0 saturated carbocycles. The van der Waals surface area contributed by atoms with Gasteiger partial charge in [0, 0.05) is 6.42 Å². The van der Waals surface area contributed by atoms with Crippen molar-refractivity contribution in [2.45, 2.75) is 39.0 Å². The maximum absolute atomic E-state index is 10.6. The Morgan fingerprint density at radius 2 is 1.71 bits per heavy atom. The highest BCUT2D eigenvalue weighted by atomic mass is 16.1. The molecule has 3 heteroatoms. The fraction of sp³-hybridized carbons (Fsp3) is 0.909. The number of nitrogens with one attached hydrogen (secondary N) is 2. The van der Waals surface area contributed by atoms with Crippen LogP contribution in [0, 0.1) is 0 Å². The molecule has 0 atom stereocenters. The van der Waals surface area contributed by atoms with E-state index >= 15 is 0 Å². The second-order valence-corrected chi connectivity index (χ2v) is 3.72. The van der Waals surface area contributed by atoms with Crippen LogP contribution in [-0.2, 0) is 4.79 Å². The van der Waals surface area contributed by atoms with Gasteiger partial charge in [-0.05, 0) is 52.9 Å². The van der Waals surface area contributed by atoms with Gasteiger partial charge in [-0.15, -0.1) is 0 Å². The average Bonchev–Trinajstić information content (AvgIpc) is 2.15. The Balaban J connectivity index is 2.88. The number of carbonyl (C=O) groups excluding carboxylic acids is 1. The SMILES string of the molecule is CNCCCNCCCCCC(C)=O. The molecule has 0 aromatic carbocycles. The fourth-order valence-corrected chi connectivity index (χ4v) is 1.32. The summed E-state index contributed by atoms with van der Waals surface area (Å²) in [7, 11) is 1.97. The molecule has 0 amide bonds. The van der Waals surface area contributed by atoms with Crippen LogP contribution in [-0.4, -0.2) is 32.5 Å². The van der Waals surface area contributed by atoms with Crippen molar-refractivity contribution in [3.8, 4) is 0 Å². The summed E-state index contributed by atoms with van der Waals surface area (Å²) in [5.74, 6) is 0.312. The van der Waals surface area contributed by atoms with Gasteiger partial charge in [-0.3, -0.25) is 0 Å². The first-order chi connectivity index (χ1) is 6.77. The standard InChI is InChI=1S/C11H24N2O/c1-11(14)7-4-3-5-9-13-10-6-8-12-2/h12-13H,3-10H2,1-2H3. The zero-order chi connectivity index (χ0) is 10.6. The Labute approximate surface area is 87.6 Å². The van der Waals surface area contributed by atoms with Gasteiger partial charge in [-0.25, -0.2) is 0 Å². The summed E-state index contributed by atoms with van der Waals surface area (Å²) >= 11 is 0. The second kappa shape index (κ2) is 10.7. The molecule has 0 aliphatic heterocycles. The lowest BCUT2D eigenvalue weighted by Crippen LogP contribution is -2.20. The Morgan fingerprint density at radius 3 is 2.36 bits per heavy atom. The summed E-state index contributed by atoms with van der Waals surface area (Å²) in [6.07, 6.45) is 5.34. The van der Waals surface area contributed by atoms with Gasteiger partial charge >= 0.3 is 0 Å². The van der Waals surface area contributed by atoms with E-state index in [9.17, 15) is 4.79 Å². The fourth-order valence-electron chi connectivity index (χ4n) is 1.32. The minimum absolute atomic E-state index is 0.312. The van der Waals surface area contributed by atoms with E-state index in [1.165, 1.54) is 19.3 Å². The molecule has 0 aromatic heterocycles. The number of carbonyl (C=O) groups is 1. The molecule has 2 N–H and O–H groups in total. The molecule has 3 nitrogen and oxygen atoms in total. The topological polar surface area (TPSA) is 41.1 Å². The number of hydrogen-bond donors (Lipinski definition) is 2. The lowest BCUT2D eigenvalue weighted by molar-refractivity contribution is -0.117. The lowest BCUT2D eigenvalue weighted by Gasteiger charge is -2.03. The third kappa shape index (κ3) is 11.6. The van der Waals surface area contributed by atoms with E-state index in [1.807, 2.05) is 7.05 Å². The highest BCUT2D eigenvalue weighted by Gasteiger charge is 1.93. The molecule has 0 radical (unpaired) electrons. The highest BCUT2D eigenvalue weighted by molar-refractivity contribution is 5.75. The molecule has 0 heterocycles. The van der Waals surface area contributed by atoms with E-state index < -0.39 is 0 Å². The average molecular weight is 200 g/mol. The molecule has 0 aromatic rings. The van der Waals surface area contributed by atoms with Crippen molar-refractivity contribution < 1.29 is 4.79 Å². The molecule has 84 valence electrons. The van der Waals surface area contributed by atoms with E-state index in [2.05, 4.69) is 10.6 Å². The van der Waals surface area contributed by atoms with Gasteiger partial charge in [0.05, 0.1) is 0 Å². The van der Waals surface area contributed by atoms with Gasteiger partial charge in [0.1, 0.15) is 5.78 Å². The summed E-state index contributed by atoms with van der Waals surface area (Å²) in [5.41, 5.74) is 0. The summed E-state index contributed by atoms with van der Waals surface area (Å²) in [4.78, 5) is 10.6. The van der Waals surface area contributed by atoms with E-state index in [0.717, 1.165) is 32.5 Å². The largest absolute Gasteiger partial charge is 0.320 e. The number of unbranched alkanes of at least 4 members (excludes halogenated alkanes) is 2. The molecule has 14 heavy (non-hydrogen) atoms. The summed E-state index contributed by atoms with van der Waals surface area (Å²) < 4.78 is 0. The van der Waals surface area contributed by atoms with Crippen LogP contribution in [0.5, 0.6) is 0 Å². The van der Waals surface area contributed by atoms with Crippen molar-refractivity contribution in [2.24, 2.45) is 0 Å². The molecule has 0 aliphatic carbocycles. The lowest BCUT2D eigenvalue weighted by atomic mass is 10.1. The third-order valence-corrected chi connectivity index (χ3v) is 2.16. The Bertz CT molecular complexity index is 137. The van der Waals surface area contributed by atoms with Crippen LogP contribution < -0.4 is 10.6 Å². The molecule has 0 fully saturated rings. The second-order valence-electron chi connectivity index (χ2n) is 3.72. The van der Waals surface area contributed by atoms with Crippen molar-refractivity contribution in [3.63, 3.8) is 0 Å². The minimum atomic E-state index is 0.312. The minimum Gasteiger partial charge on any atom is -0.320 e. The van der Waals surface area contributed by atoms with Crippen LogP contribution in [0.4, 0.5) is 0 Å². The summed E-state index contributed by atoms with van der Waals surface area (Å²) in [5, 5.41) is 6.50. The van der Waals surface area contributed by atoms with Gasteiger partial charge in [-0.2, -0.15) is 0 Å². The molecular formula is C11H24N2O. The quantitative estimate of drug-likeness (QED) is 0.523. The van der Waals surface area contributed by atoms with Gasteiger partial charge in [-0.1, -0.05) is 6.42 Å². The molecule has 0 bridgehead atoms. The molecule has 0 spiro atoms. The molecule has 0 rings (SSSR count). The Kier molecular flexibility index (Phi) is 10.4. The van der Waals surface area contributed by atoms with Crippen molar-refractivity contribution >= 4 is 5.78 Å². The van der Waals surface area contributed by atoms with E-state index in [0.29, 0.717) is 5.78 Å². The zero-order valence-corrected chi connectivity index (χ0v) is 9.57.